The SMILES string of the molecule is Cc1cccc(NC(=O)CCN2C(=S)N[C@@H](c3ccccn3)[C@H]2c2cc(C)n(-c3c(C)cccc3C)c2C)c1. The van der Waals surface area contributed by atoms with Crippen molar-refractivity contribution >= 4 is 28.9 Å². The maximum absolute atomic E-state index is 12.9. The van der Waals surface area contributed by atoms with Gasteiger partial charge in [-0.05, 0) is 99.4 Å². The van der Waals surface area contributed by atoms with E-state index in [1.165, 1.54) is 22.4 Å². The molecule has 0 aliphatic carbocycles. The fraction of sp³-hybridized carbons (Fsp3) is 0.281. The normalized spacial score (nSPS) is 16.8. The molecule has 6 nitrogen and oxygen atoms in total. The molecule has 4 aromatic rings. The van der Waals surface area contributed by atoms with Crippen molar-refractivity contribution in [3.8, 4) is 5.69 Å². The van der Waals surface area contributed by atoms with Crippen molar-refractivity contribution in [1.82, 2.24) is 19.8 Å². The molecular formula is C32H35N5OS. The van der Waals surface area contributed by atoms with Crippen molar-refractivity contribution in [2.24, 2.45) is 0 Å². The molecule has 2 aromatic carbocycles. The van der Waals surface area contributed by atoms with Gasteiger partial charge in [0.05, 0.1) is 23.5 Å². The van der Waals surface area contributed by atoms with Gasteiger partial charge in [-0.1, -0.05) is 36.4 Å². The third kappa shape index (κ3) is 5.32. The Morgan fingerprint density at radius 2 is 1.72 bits per heavy atom. The molecular weight excluding hydrogens is 502 g/mol. The molecule has 5 rings (SSSR count). The predicted octanol–water partition coefficient (Wildman–Crippen LogP) is 6.42. The van der Waals surface area contributed by atoms with Crippen molar-refractivity contribution in [1.29, 1.82) is 0 Å². The van der Waals surface area contributed by atoms with E-state index in [9.17, 15) is 4.79 Å². The fourth-order valence-corrected chi connectivity index (χ4v) is 6.07. The first kappa shape index (κ1) is 26.6. The van der Waals surface area contributed by atoms with Crippen LogP contribution in [0.5, 0.6) is 0 Å². The summed E-state index contributed by atoms with van der Waals surface area (Å²) in [5.74, 6) is -0.0376. The Morgan fingerprint density at radius 3 is 2.41 bits per heavy atom. The fourth-order valence-electron chi connectivity index (χ4n) is 5.74. The number of thiocarbonyl (C=S) groups is 1. The average Bonchev–Trinajstić information content (AvgIpc) is 3.38. The lowest BCUT2D eigenvalue weighted by atomic mass is 9.96. The van der Waals surface area contributed by atoms with Gasteiger partial charge in [0.2, 0.25) is 5.91 Å². The van der Waals surface area contributed by atoms with Gasteiger partial charge in [0.15, 0.2) is 5.11 Å². The van der Waals surface area contributed by atoms with E-state index in [2.05, 4.69) is 77.0 Å². The molecule has 2 aromatic heterocycles. The summed E-state index contributed by atoms with van der Waals surface area (Å²) in [7, 11) is 0. The largest absolute Gasteiger partial charge is 0.352 e. The molecule has 0 bridgehead atoms. The van der Waals surface area contributed by atoms with Crippen LogP contribution in [0.15, 0.2) is 72.9 Å². The van der Waals surface area contributed by atoms with E-state index in [0.717, 1.165) is 28.3 Å². The van der Waals surface area contributed by atoms with Crippen LogP contribution >= 0.6 is 12.2 Å². The highest BCUT2D eigenvalue weighted by Crippen LogP contribution is 2.42. The number of aromatic nitrogens is 2. The Balaban J connectivity index is 1.50. The number of para-hydroxylation sites is 1. The van der Waals surface area contributed by atoms with Crippen LogP contribution in [0.1, 0.15) is 57.8 Å². The van der Waals surface area contributed by atoms with Crippen LogP contribution in [0.25, 0.3) is 5.69 Å². The Kier molecular flexibility index (Phi) is 7.53. The second kappa shape index (κ2) is 11.0. The third-order valence-electron chi connectivity index (χ3n) is 7.53. The van der Waals surface area contributed by atoms with Crippen LogP contribution in [0.3, 0.4) is 0 Å². The molecule has 0 unspecified atom stereocenters. The molecule has 1 aliphatic heterocycles. The van der Waals surface area contributed by atoms with Crippen molar-refractivity contribution < 1.29 is 4.79 Å². The summed E-state index contributed by atoms with van der Waals surface area (Å²) in [4.78, 5) is 19.8. The smallest absolute Gasteiger partial charge is 0.226 e. The maximum Gasteiger partial charge on any atom is 0.226 e. The highest BCUT2D eigenvalue weighted by Gasteiger charge is 2.41. The van der Waals surface area contributed by atoms with Crippen molar-refractivity contribution in [3.63, 3.8) is 0 Å². The number of anilines is 1. The van der Waals surface area contributed by atoms with Gasteiger partial charge in [0.1, 0.15) is 0 Å². The first-order valence-electron chi connectivity index (χ1n) is 13.3. The van der Waals surface area contributed by atoms with Gasteiger partial charge in [0, 0.05) is 36.2 Å². The van der Waals surface area contributed by atoms with E-state index in [-0.39, 0.29) is 18.0 Å². The van der Waals surface area contributed by atoms with Gasteiger partial charge in [-0.25, -0.2) is 0 Å². The molecule has 1 amide bonds. The summed E-state index contributed by atoms with van der Waals surface area (Å²) in [5.41, 5.74) is 10.0. The van der Waals surface area contributed by atoms with Crippen LogP contribution in [0, 0.1) is 34.6 Å². The molecule has 0 spiro atoms. The number of benzene rings is 2. The van der Waals surface area contributed by atoms with E-state index in [4.69, 9.17) is 12.2 Å². The number of amides is 1. The molecule has 1 fully saturated rings. The lowest BCUT2D eigenvalue weighted by Crippen LogP contribution is -2.32. The van der Waals surface area contributed by atoms with Gasteiger partial charge in [-0.3, -0.25) is 9.78 Å². The van der Waals surface area contributed by atoms with Crippen LogP contribution in [0.4, 0.5) is 5.69 Å². The second-order valence-electron chi connectivity index (χ2n) is 10.4. The second-order valence-corrected chi connectivity index (χ2v) is 10.8. The number of hydrogen-bond donors (Lipinski definition) is 2. The molecule has 0 saturated carbocycles. The zero-order valence-electron chi connectivity index (χ0n) is 23.2. The average molecular weight is 538 g/mol. The number of pyridine rings is 1. The monoisotopic (exact) mass is 537 g/mol. The number of carbonyl (C=O) groups excluding carboxylic acids is 1. The van der Waals surface area contributed by atoms with Gasteiger partial charge < -0.3 is 20.1 Å². The van der Waals surface area contributed by atoms with Gasteiger partial charge in [0.25, 0.3) is 0 Å². The Labute approximate surface area is 236 Å². The maximum atomic E-state index is 12.9. The Morgan fingerprint density at radius 1 is 0.974 bits per heavy atom. The number of rotatable bonds is 7. The van der Waals surface area contributed by atoms with Crippen LogP contribution < -0.4 is 10.6 Å². The molecule has 39 heavy (non-hydrogen) atoms. The van der Waals surface area contributed by atoms with Crippen molar-refractivity contribution in [2.75, 3.05) is 11.9 Å². The number of nitrogens with one attached hydrogen (secondary N) is 2. The van der Waals surface area contributed by atoms with E-state index in [1.54, 1.807) is 0 Å². The molecule has 1 saturated heterocycles. The molecule has 2 N–H and O–H groups in total. The first-order chi connectivity index (χ1) is 18.7. The van der Waals surface area contributed by atoms with Gasteiger partial charge >= 0.3 is 0 Å². The van der Waals surface area contributed by atoms with Gasteiger partial charge in [-0.15, -0.1) is 0 Å². The van der Waals surface area contributed by atoms with Crippen molar-refractivity contribution in [2.45, 2.75) is 53.1 Å². The quantitative estimate of drug-likeness (QED) is 0.267. The molecule has 0 radical (unpaired) electrons. The summed E-state index contributed by atoms with van der Waals surface area (Å²) >= 11 is 5.86. The summed E-state index contributed by atoms with van der Waals surface area (Å²) in [6.45, 7) is 11.1. The third-order valence-corrected chi connectivity index (χ3v) is 7.88. The summed E-state index contributed by atoms with van der Waals surface area (Å²) in [5, 5.41) is 7.19. The van der Waals surface area contributed by atoms with Crippen LogP contribution in [0.2, 0.25) is 0 Å². The highest BCUT2D eigenvalue weighted by molar-refractivity contribution is 7.80. The van der Waals surface area contributed by atoms with Crippen LogP contribution in [-0.2, 0) is 4.79 Å². The van der Waals surface area contributed by atoms with E-state index in [1.807, 2.05) is 55.6 Å². The number of carbonyl (C=O) groups is 1. The van der Waals surface area contributed by atoms with Crippen molar-refractivity contribution in [3.05, 3.63) is 112 Å². The number of nitrogens with zero attached hydrogens (tertiary/aromatic N) is 3. The molecule has 3 heterocycles. The molecule has 2 atom stereocenters. The van der Waals surface area contributed by atoms with Gasteiger partial charge in [-0.2, -0.15) is 0 Å². The minimum absolute atomic E-state index is 0.0376. The first-order valence-corrected chi connectivity index (χ1v) is 13.8. The predicted molar refractivity (Wildman–Crippen MR) is 161 cm³/mol. The topological polar surface area (TPSA) is 62.2 Å². The lowest BCUT2D eigenvalue weighted by Gasteiger charge is -2.28. The standard InChI is InChI=1S/C32H35N5OS/c1-20-10-8-13-25(18-20)34-28(38)15-17-36-31(29(35-32(36)39)27-14-6-7-16-33-27)26-19-23(4)37(24(26)5)30-21(2)11-9-12-22(30)3/h6-14,16,18-19,29,31H,15,17H2,1-5H3,(H,34,38)(H,35,39)/t29-,31+/m0/s1. The zero-order chi connectivity index (χ0) is 27.7. The number of hydrogen-bond acceptors (Lipinski definition) is 3. The van der Waals surface area contributed by atoms with E-state index >= 15 is 0 Å². The lowest BCUT2D eigenvalue weighted by molar-refractivity contribution is -0.116. The minimum Gasteiger partial charge on any atom is -0.352 e. The van der Waals surface area contributed by atoms with Crippen LogP contribution in [-0.4, -0.2) is 32.0 Å². The highest BCUT2D eigenvalue weighted by atomic mass is 32.1. The minimum atomic E-state index is -0.134. The zero-order valence-corrected chi connectivity index (χ0v) is 24.0. The molecule has 200 valence electrons. The number of aryl methyl sites for hydroxylation is 4. The van der Waals surface area contributed by atoms with E-state index < -0.39 is 0 Å². The summed E-state index contributed by atoms with van der Waals surface area (Å²) in [6.07, 6.45) is 2.13. The van der Waals surface area contributed by atoms with E-state index in [0.29, 0.717) is 18.1 Å². The Bertz CT molecular complexity index is 1510. The summed E-state index contributed by atoms with van der Waals surface area (Å²) in [6, 6.07) is 22.2. The summed E-state index contributed by atoms with van der Waals surface area (Å²) < 4.78 is 2.35. The Hall–Kier alpha value is -3.97. The molecule has 7 heteroatoms. The molecule has 1 aliphatic rings.